The smallest absolute Gasteiger partial charge is 0.329 e. The number of rotatable bonds is 13. The zero-order valence-electron chi connectivity index (χ0n) is 20.9. The molecule has 2 heterocycles. The van der Waals surface area contributed by atoms with Crippen LogP contribution in [0.15, 0.2) is 23.6 Å². The molecule has 1 amide bonds. The molecule has 0 spiro atoms. The van der Waals surface area contributed by atoms with E-state index in [4.69, 9.17) is 30.9 Å². The number of amides is 1. The van der Waals surface area contributed by atoms with Gasteiger partial charge < -0.3 is 30.0 Å². The van der Waals surface area contributed by atoms with Gasteiger partial charge in [-0.1, -0.05) is 43.7 Å². The minimum absolute atomic E-state index is 0.0983. The van der Waals surface area contributed by atoms with Gasteiger partial charge in [-0.05, 0) is 25.1 Å². The van der Waals surface area contributed by atoms with Crippen LogP contribution in [-0.2, 0) is 19.1 Å². The first-order chi connectivity index (χ1) is 17.5. The maximum absolute atomic E-state index is 12.3. The highest BCUT2D eigenvalue weighted by Gasteiger charge is 2.23. The molecule has 0 unspecified atom stereocenters. The van der Waals surface area contributed by atoms with Crippen molar-refractivity contribution >= 4 is 62.1 Å². The fraction of sp³-hybridized carbons (Fsp3) is 0.417. The van der Waals surface area contributed by atoms with Gasteiger partial charge in [-0.25, -0.2) is 14.8 Å². The first-order valence-corrected chi connectivity index (χ1v) is 13.4. The standard InChI is InChI=1S/C24H29ClN4O6S2/c1-14-20(37-23(26-14)29-21(32)24(2,3)4)17-13-36-22(28-17)27-16-11-15(25)5-6-18(16)35-10-9-33-7-8-34-12-19(30)31/h5-6,11,13H,7-10,12H2,1-4H3,(H,27,28)(H,30,31)(H,26,29,32). The van der Waals surface area contributed by atoms with Gasteiger partial charge in [0.05, 0.1) is 41.8 Å². The molecule has 0 saturated heterocycles. The van der Waals surface area contributed by atoms with E-state index in [1.54, 1.807) is 18.2 Å². The van der Waals surface area contributed by atoms with Crippen LogP contribution in [0.4, 0.5) is 16.0 Å². The number of nitrogens with one attached hydrogen (secondary N) is 2. The lowest BCUT2D eigenvalue weighted by atomic mass is 9.96. The molecule has 1 aromatic carbocycles. The Hall–Kier alpha value is -2.77. The van der Waals surface area contributed by atoms with Crippen molar-refractivity contribution < 1.29 is 28.9 Å². The van der Waals surface area contributed by atoms with E-state index in [1.165, 1.54) is 22.7 Å². The summed E-state index contributed by atoms with van der Waals surface area (Å²) in [5.41, 5.74) is 1.67. The molecule has 0 aliphatic carbocycles. The molecule has 0 bridgehead atoms. The van der Waals surface area contributed by atoms with Crippen LogP contribution in [0.1, 0.15) is 26.5 Å². The van der Waals surface area contributed by atoms with E-state index in [9.17, 15) is 9.59 Å². The van der Waals surface area contributed by atoms with Crippen molar-refractivity contribution in [1.29, 1.82) is 0 Å². The molecular weight excluding hydrogens is 540 g/mol. The number of nitrogens with zero attached hydrogens (tertiary/aromatic N) is 2. The number of hydrogen-bond donors (Lipinski definition) is 3. The summed E-state index contributed by atoms with van der Waals surface area (Å²) in [5, 5.41) is 18.3. The number of carboxylic acids is 1. The van der Waals surface area contributed by atoms with Gasteiger partial charge in [0.2, 0.25) is 5.91 Å². The monoisotopic (exact) mass is 568 g/mol. The summed E-state index contributed by atoms with van der Waals surface area (Å²) in [6.07, 6.45) is 0. The van der Waals surface area contributed by atoms with E-state index in [0.29, 0.717) is 33.3 Å². The molecule has 200 valence electrons. The molecule has 13 heteroatoms. The molecule has 0 fully saturated rings. The number of benzene rings is 1. The molecule has 3 N–H and O–H groups in total. The largest absolute Gasteiger partial charge is 0.489 e. The summed E-state index contributed by atoms with van der Waals surface area (Å²) in [7, 11) is 0. The van der Waals surface area contributed by atoms with Crippen molar-refractivity contribution in [3.8, 4) is 16.3 Å². The first-order valence-electron chi connectivity index (χ1n) is 11.3. The first kappa shape index (κ1) is 28.8. The summed E-state index contributed by atoms with van der Waals surface area (Å²) in [6, 6.07) is 5.23. The van der Waals surface area contributed by atoms with Crippen LogP contribution in [0.25, 0.3) is 10.6 Å². The number of aromatic nitrogens is 2. The van der Waals surface area contributed by atoms with Crippen LogP contribution in [0.5, 0.6) is 5.75 Å². The Morgan fingerprint density at radius 1 is 1.08 bits per heavy atom. The third kappa shape index (κ3) is 8.93. The number of carboxylic acid groups (broad SMARTS) is 1. The number of carbonyl (C=O) groups is 2. The Bertz CT molecular complexity index is 1220. The van der Waals surface area contributed by atoms with E-state index in [2.05, 4.69) is 20.6 Å². The number of thiazole rings is 2. The van der Waals surface area contributed by atoms with Crippen molar-refractivity contribution in [3.63, 3.8) is 0 Å². The summed E-state index contributed by atoms with van der Waals surface area (Å²) < 4.78 is 16.1. The van der Waals surface area contributed by atoms with Crippen LogP contribution in [0.3, 0.4) is 0 Å². The maximum atomic E-state index is 12.3. The van der Waals surface area contributed by atoms with Gasteiger partial charge in [-0.2, -0.15) is 0 Å². The Balaban J connectivity index is 1.59. The molecule has 37 heavy (non-hydrogen) atoms. The minimum Gasteiger partial charge on any atom is -0.489 e. The normalized spacial score (nSPS) is 11.4. The van der Waals surface area contributed by atoms with Gasteiger partial charge in [-0.15, -0.1) is 11.3 Å². The SMILES string of the molecule is Cc1nc(NC(=O)C(C)(C)C)sc1-c1csc(Nc2cc(Cl)ccc2OCCOCCOCC(=O)O)n1. The van der Waals surface area contributed by atoms with Gasteiger partial charge in [0.25, 0.3) is 0 Å². The molecule has 0 radical (unpaired) electrons. The number of aryl methyl sites for hydroxylation is 1. The summed E-state index contributed by atoms with van der Waals surface area (Å²) in [6.45, 7) is 8.12. The predicted molar refractivity (Wildman–Crippen MR) is 146 cm³/mol. The lowest BCUT2D eigenvalue weighted by Gasteiger charge is -2.15. The molecule has 10 nitrogen and oxygen atoms in total. The lowest BCUT2D eigenvalue weighted by molar-refractivity contribution is -0.142. The summed E-state index contributed by atoms with van der Waals surface area (Å²) in [5.74, 6) is -0.540. The van der Waals surface area contributed by atoms with Gasteiger partial charge >= 0.3 is 5.97 Å². The maximum Gasteiger partial charge on any atom is 0.329 e. The van der Waals surface area contributed by atoms with Crippen molar-refractivity contribution in [2.75, 3.05) is 43.7 Å². The van der Waals surface area contributed by atoms with Gasteiger partial charge in [0.1, 0.15) is 19.0 Å². The number of aliphatic carboxylic acids is 1. The van der Waals surface area contributed by atoms with E-state index < -0.39 is 11.4 Å². The molecule has 0 atom stereocenters. The lowest BCUT2D eigenvalue weighted by Crippen LogP contribution is -2.27. The average Bonchev–Trinajstić information content (AvgIpc) is 3.41. The predicted octanol–water partition coefficient (Wildman–Crippen LogP) is 5.45. The molecule has 0 aliphatic rings. The molecule has 0 aliphatic heterocycles. The highest BCUT2D eigenvalue weighted by Crippen LogP contribution is 2.37. The molecule has 0 saturated carbocycles. The Morgan fingerprint density at radius 3 is 2.54 bits per heavy atom. The van der Waals surface area contributed by atoms with Gasteiger partial charge in [0, 0.05) is 15.8 Å². The minimum atomic E-state index is -1.02. The number of hydrogen-bond acceptors (Lipinski definition) is 10. The fourth-order valence-corrected chi connectivity index (χ4v) is 4.72. The van der Waals surface area contributed by atoms with E-state index in [0.717, 1.165) is 16.3 Å². The van der Waals surface area contributed by atoms with Gasteiger partial charge in [-0.3, -0.25) is 4.79 Å². The van der Waals surface area contributed by atoms with Crippen LogP contribution in [0.2, 0.25) is 5.02 Å². The Kier molecular flexibility index (Phi) is 10.2. The van der Waals surface area contributed by atoms with Crippen LogP contribution < -0.4 is 15.4 Å². The zero-order valence-corrected chi connectivity index (χ0v) is 23.3. The fourth-order valence-electron chi connectivity index (χ4n) is 2.84. The van der Waals surface area contributed by atoms with Crippen LogP contribution in [0, 0.1) is 12.3 Å². The third-order valence-electron chi connectivity index (χ3n) is 4.70. The second-order valence-electron chi connectivity index (χ2n) is 8.85. The second-order valence-corrected chi connectivity index (χ2v) is 11.1. The van der Waals surface area contributed by atoms with Crippen LogP contribution in [-0.4, -0.2) is 60.0 Å². The Labute approximate surface area is 228 Å². The highest BCUT2D eigenvalue weighted by molar-refractivity contribution is 7.20. The summed E-state index contributed by atoms with van der Waals surface area (Å²) >= 11 is 9.00. The molecule has 3 aromatic rings. The summed E-state index contributed by atoms with van der Waals surface area (Å²) in [4.78, 5) is 32.8. The van der Waals surface area contributed by atoms with Crippen LogP contribution >= 0.6 is 34.3 Å². The van der Waals surface area contributed by atoms with Crippen molar-refractivity contribution in [1.82, 2.24) is 9.97 Å². The van der Waals surface area contributed by atoms with Gasteiger partial charge in [0.15, 0.2) is 10.3 Å². The molecular formula is C24H29ClN4O6S2. The average molecular weight is 569 g/mol. The Morgan fingerprint density at radius 2 is 1.81 bits per heavy atom. The van der Waals surface area contributed by atoms with Crippen molar-refractivity contribution in [2.24, 2.45) is 5.41 Å². The highest BCUT2D eigenvalue weighted by atomic mass is 35.5. The number of ether oxygens (including phenoxy) is 3. The molecule has 2 aromatic heterocycles. The second kappa shape index (κ2) is 13.2. The third-order valence-corrected chi connectivity index (χ3v) is 6.79. The number of halogens is 1. The topological polar surface area (TPSA) is 132 Å². The number of carbonyl (C=O) groups excluding carboxylic acids is 1. The zero-order chi connectivity index (χ0) is 27.0. The quantitative estimate of drug-likeness (QED) is 0.230. The van der Waals surface area contributed by atoms with Crippen molar-refractivity contribution in [3.05, 3.63) is 34.3 Å². The molecule has 3 rings (SSSR count). The van der Waals surface area contributed by atoms with E-state index in [1.807, 2.05) is 33.1 Å². The number of anilines is 3. The van der Waals surface area contributed by atoms with E-state index in [-0.39, 0.29) is 32.3 Å². The van der Waals surface area contributed by atoms with E-state index >= 15 is 0 Å². The van der Waals surface area contributed by atoms with Crippen molar-refractivity contribution in [2.45, 2.75) is 27.7 Å².